The molecule has 2 aromatic rings. The summed E-state index contributed by atoms with van der Waals surface area (Å²) in [4.78, 5) is 35.5. The molecule has 2 amide bonds. The highest BCUT2D eigenvalue weighted by Crippen LogP contribution is 2.41. The molecular weight excluding hydrogens is 575 g/mol. The Balaban J connectivity index is 1.36. The van der Waals surface area contributed by atoms with Crippen molar-refractivity contribution in [1.82, 2.24) is 14.7 Å². The van der Waals surface area contributed by atoms with Crippen LogP contribution >= 0.6 is 0 Å². The minimum absolute atomic E-state index is 0.0291. The maximum Gasteiger partial charge on any atom is 0.410 e. The van der Waals surface area contributed by atoms with Gasteiger partial charge in [-0.05, 0) is 61.6 Å². The molecule has 4 atom stereocenters. The molecule has 2 fully saturated rings. The summed E-state index contributed by atoms with van der Waals surface area (Å²) in [6.45, 7) is 13.0. The lowest BCUT2D eigenvalue weighted by Crippen LogP contribution is -2.64. The van der Waals surface area contributed by atoms with Crippen molar-refractivity contribution in [2.24, 2.45) is 0 Å². The average Bonchev–Trinajstić information content (AvgIpc) is 3.33. The van der Waals surface area contributed by atoms with Crippen molar-refractivity contribution >= 4 is 17.7 Å². The molecule has 1 N–H and O–H groups in total. The largest absolute Gasteiger partial charge is 0.449 e. The third-order valence-electron chi connectivity index (χ3n) is 9.68. The van der Waals surface area contributed by atoms with Gasteiger partial charge in [-0.1, -0.05) is 44.5 Å². The lowest BCUT2D eigenvalue weighted by molar-refractivity contribution is -0.121. The number of carbonyl (C=O) groups excluding carboxylic acids is 2. The summed E-state index contributed by atoms with van der Waals surface area (Å²) in [5.41, 5.74) is 3.20. The van der Waals surface area contributed by atoms with Crippen molar-refractivity contribution in [3.8, 4) is 0 Å². The van der Waals surface area contributed by atoms with E-state index in [1.165, 1.54) is 12.1 Å². The summed E-state index contributed by atoms with van der Waals surface area (Å²) in [7, 11) is 0. The number of fused-ring (bicyclic) bond motifs is 1. The summed E-state index contributed by atoms with van der Waals surface area (Å²) in [6.07, 6.45) is 2.11. The lowest BCUT2D eigenvalue weighted by atomic mass is 9.85. The second kappa shape index (κ2) is 14.6. The molecule has 3 aliphatic heterocycles. The van der Waals surface area contributed by atoms with Crippen molar-refractivity contribution in [3.63, 3.8) is 0 Å². The minimum Gasteiger partial charge on any atom is -0.449 e. The van der Waals surface area contributed by atoms with Gasteiger partial charge in [0, 0.05) is 62.0 Å². The predicted octanol–water partition coefficient (Wildman–Crippen LogP) is 4.05. The number of ether oxygens (including phenoxy) is 2. The maximum absolute atomic E-state index is 14.2. The van der Waals surface area contributed by atoms with E-state index in [9.17, 15) is 19.1 Å². The maximum atomic E-state index is 14.2. The summed E-state index contributed by atoms with van der Waals surface area (Å²) < 4.78 is 24.8. The van der Waals surface area contributed by atoms with Gasteiger partial charge in [-0.2, -0.15) is 0 Å². The summed E-state index contributed by atoms with van der Waals surface area (Å²) >= 11 is 0. The Morgan fingerprint density at radius 1 is 1.07 bits per heavy atom. The number of piperazine rings is 1. The standard InChI is InChI=1S/C35H49FN4O5/c1-5-6-14-45-34(43)39-20-30(19-37-13-15-44-22-26(37)3)38(18-25(39)2)21-33(42)40-23-35(4,24-41)31-12-9-28(17-32(31)40)16-27-7-10-29(36)11-8-27/h7-12,17,25-26,30,41H,5-6,13-16,18-24H2,1-4H3/t25?,26-,30?,35?/m1/s1. The number of morpholine rings is 1. The highest BCUT2D eigenvalue weighted by Gasteiger charge is 2.43. The number of benzene rings is 2. The fraction of sp³-hybridized carbons (Fsp3) is 0.600. The van der Waals surface area contributed by atoms with Gasteiger partial charge in [-0.15, -0.1) is 0 Å². The number of carbonyl (C=O) groups is 2. The van der Waals surface area contributed by atoms with Gasteiger partial charge in [0.2, 0.25) is 5.91 Å². The Bertz CT molecular complexity index is 1330. The topological polar surface area (TPSA) is 85.8 Å². The summed E-state index contributed by atoms with van der Waals surface area (Å²) in [6, 6.07) is 12.6. The molecule has 0 radical (unpaired) electrons. The van der Waals surface area contributed by atoms with E-state index in [0.29, 0.717) is 45.9 Å². The number of amides is 2. The van der Waals surface area contributed by atoms with Crippen molar-refractivity contribution in [1.29, 1.82) is 0 Å². The predicted molar refractivity (Wildman–Crippen MR) is 172 cm³/mol. The van der Waals surface area contributed by atoms with Crippen molar-refractivity contribution in [2.45, 2.75) is 70.5 Å². The van der Waals surface area contributed by atoms with E-state index in [4.69, 9.17) is 9.47 Å². The zero-order chi connectivity index (χ0) is 32.1. The Morgan fingerprint density at radius 3 is 2.53 bits per heavy atom. The van der Waals surface area contributed by atoms with E-state index in [-0.39, 0.29) is 49.1 Å². The molecule has 0 saturated carbocycles. The quantitative estimate of drug-likeness (QED) is 0.400. The Labute approximate surface area is 266 Å². The third-order valence-corrected chi connectivity index (χ3v) is 9.68. The molecule has 5 rings (SSSR count). The molecule has 2 aromatic carbocycles. The number of halogens is 1. The van der Waals surface area contributed by atoms with Crippen LogP contribution in [0.15, 0.2) is 42.5 Å². The zero-order valence-corrected chi connectivity index (χ0v) is 27.2. The van der Waals surface area contributed by atoms with Crippen LogP contribution in [-0.2, 0) is 26.1 Å². The van der Waals surface area contributed by atoms with Crippen molar-refractivity contribution in [2.75, 3.05) is 70.6 Å². The van der Waals surface area contributed by atoms with Gasteiger partial charge in [0.05, 0.1) is 33.0 Å². The van der Waals surface area contributed by atoms with E-state index in [1.807, 2.05) is 41.8 Å². The van der Waals surface area contributed by atoms with Gasteiger partial charge in [0.1, 0.15) is 5.82 Å². The van der Waals surface area contributed by atoms with E-state index in [1.54, 1.807) is 12.1 Å². The smallest absolute Gasteiger partial charge is 0.410 e. The number of anilines is 1. The number of hydrogen-bond acceptors (Lipinski definition) is 7. The summed E-state index contributed by atoms with van der Waals surface area (Å²) in [5, 5.41) is 10.4. The molecule has 3 aliphatic rings. The number of aliphatic hydroxyl groups is 1. The fourth-order valence-electron chi connectivity index (χ4n) is 6.82. The molecule has 10 heteroatoms. The number of unbranched alkanes of at least 4 members (excludes halogenated alkanes) is 1. The van der Waals surface area contributed by atoms with Gasteiger partial charge < -0.3 is 24.4 Å². The van der Waals surface area contributed by atoms with Crippen LogP contribution in [0.5, 0.6) is 0 Å². The van der Waals surface area contributed by atoms with Crippen molar-refractivity contribution in [3.05, 3.63) is 65.0 Å². The molecule has 246 valence electrons. The second-order valence-electron chi connectivity index (χ2n) is 13.3. The van der Waals surface area contributed by atoms with Crippen LogP contribution in [0.4, 0.5) is 14.9 Å². The SMILES string of the molecule is CCCCOC(=O)N1CC(CN2CCOC[C@H]2C)N(CC(=O)N2CC(C)(CO)c3ccc(Cc4ccc(F)cc4)cc32)CC1C. The van der Waals surface area contributed by atoms with Gasteiger partial charge >= 0.3 is 6.09 Å². The third kappa shape index (κ3) is 7.68. The highest BCUT2D eigenvalue weighted by atomic mass is 19.1. The molecule has 0 aromatic heterocycles. The first-order valence-corrected chi connectivity index (χ1v) is 16.4. The number of aliphatic hydroxyl groups excluding tert-OH is 1. The Hall–Kier alpha value is -3.05. The van der Waals surface area contributed by atoms with Gasteiger partial charge in [0.25, 0.3) is 0 Å². The first-order chi connectivity index (χ1) is 21.6. The molecule has 0 spiro atoms. The molecule has 9 nitrogen and oxygen atoms in total. The van der Waals surface area contributed by atoms with Crippen LogP contribution in [0.3, 0.4) is 0 Å². The number of hydrogen-bond donors (Lipinski definition) is 1. The van der Waals surface area contributed by atoms with E-state index < -0.39 is 5.41 Å². The van der Waals surface area contributed by atoms with Crippen LogP contribution in [-0.4, -0.2) is 116 Å². The van der Waals surface area contributed by atoms with Gasteiger partial charge in [-0.25, -0.2) is 9.18 Å². The van der Waals surface area contributed by atoms with Crippen LogP contribution in [0, 0.1) is 5.82 Å². The normalized spacial score (nSPS) is 25.8. The van der Waals surface area contributed by atoms with Gasteiger partial charge in [-0.3, -0.25) is 14.6 Å². The van der Waals surface area contributed by atoms with Crippen LogP contribution in [0.25, 0.3) is 0 Å². The Kier molecular flexibility index (Phi) is 10.8. The van der Waals surface area contributed by atoms with Gasteiger partial charge in [0.15, 0.2) is 0 Å². The minimum atomic E-state index is -0.573. The van der Waals surface area contributed by atoms with Crippen LogP contribution in [0.1, 0.15) is 57.2 Å². The van der Waals surface area contributed by atoms with E-state index in [2.05, 4.69) is 23.6 Å². The molecule has 0 bridgehead atoms. The molecule has 0 aliphatic carbocycles. The molecular formula is C35H49FN4O5. The summed E-state index contributed by atoms with van der Waals surface area (Å²) in [5.74, 6) is -0.299. The molecule has 3 heterocycles. The number of rotatable bonds is 10. The average molecular weight is 625 g/mol. The van der Waals surface area contributed by atoms with Crippen molar-refractivity contribution < 1.29 is 28.6 Å². The first kappa shape index (κ1) is 33.3. The van der Waals surface area contributed by atoms with E-state index in [0.717, 1.165) is 48.3 Å². The first-order valence-electron chi connectivity index (χ1n) is 16.4. The molecule has 2 saturated heterocycles. The second-order valence-corrected chi connectivity index (χ2v) is 13.3. The zero-order valence-electron chi connectivity index (χ0n) is 27.2. The highest BCUT2D eigenvalue weighted by molar-refractivity contribution is 5.97. The Morgan fingerprint density at radius 2 is 1.82 bits per heavy atom. The van der Waals surface area contributed by atoms with Crippen LogP contribution < -0.4 is 4.90 Å². The molecule has 45 heavy (non-hydrogen) atoms. The monoisotopic (exact) mass is 624 g/mol. The number of nitrogens with zero attached hydrogens (tertiary/aromatic N) is 4. The van der Waals surface area contributed by atoms with Crippen LogP contribution in [0.2, 0.25) is 0 Å². The molecule has 3 unspecified atom stereocenters. The van der Waals surface area contributed by atoms with E-state index >= 15 is 0 Å². The fourth-order valence-corrected chi connectivity index (χ4v) is 6.82. The lowest BCUT2D eigenvalue weighted by Gasteiger charge is -2.47.